The summed E-state index contributed by atoms with van der Waals surface area (Å²) >= 11 is 0. The minimum absolute atomic E-state index is 0.00857. The van der Waals surface area contributed by atoms with E-state index in [1.165, 1.54) is 16.3 Å². The molecule has 1 amide bonds. The molecule has 0 spiro atoms. The van der Waals surface area contributed by atoms with Crippen molar-refractivity contribution in [1.82, 2.24) is 19.6 Å². The third-order valence-corrected chi connectivity index (χ3v) is 5.72. The highest BCUT2D eigenvalue weighted by Crippen LogP contribution is 2.22. The summed E-state index contributed by atoms with van der Waals surface area (Å²) in [5, 5.41) is 11.7. The molecular weight excluding hydrogens is 414 g/mol. The smallest absolute Gasteiger partial charge is 0.238 e. The number of carbonyl (C=O) groups excluding carboxylic acids is 1. The largest absolute Gasteiger partial charge is 0.384 e. The zero-order valence-electron chi connectivity index (χ0n) is 18.1. The fourth-order valence-corrected chi connectivity index (χ4v) is 4.10. The number of H-pyrrole nitrogens is 1. The van der Waals surface area contributed by atoms with Crippen molar-refractivity contribution in [3.63, 3.8) is 0 Å². The van der Waals surface area contributed by atoms with Gasteiger partial charge in [0.2, 0.25) is 5.91 Å². The van der Waals surface area contributed by atoms with Crippen LogP contribution in [0.2, 0.25) is 0 Å². The highest BCUT2D eigenvalue weighted by Gasteiger charge is 2.19. The lowest BCUT2D eigenvalue weighted by Crippen LogP contribution is -2.40. The van der Waals surface area contributed by atoms with Crippen LogP contribution in [0.25, 0.3) is 33.5 Å². The van der Waals surface area contributed by atoms with Gasteiger partial charge in [0, 0.05) is 31.4 Å². The van der Waals surface area contributed by atoms with Crippen LogP contribution in [0.5, 0.6) is 0 Å². The van der Waals surface area contributed by atoms with E-state index in [4.69, 9.17) is 11.1 Å². The number of imidazole rings is 2. The number of aromatic nitrogens is 4. The minimum atomic E-state index is -0.0931. The van der Waals surface area contributed by atoms with Gasteiger partial charge >= 0.3 is 0 Å². The van der Waals surface area contributed by atoms with E-state index < -0.39 is 0 Å². The summed E-state index contributed by atoms with van der Waals surface area (Å²) in [5.41, 5.74) is 8.88. The molecule has 0 aliphatic heterocycles. The van der Waals surface area contributed by atoms with E-state index in [2.05, 4.69) is 39.2 Å². The molecule has 0 saturated heterocycles. The fraction of sp³-hybridized carbons (Fsp3) is 0.120. The van der Waals surface area contributed by atoms with Gasteiger partial charge in [0.05, 0.1) is 11.0 Å². The zero-order valence-corrected chi connectivity index (χ0v) is 18.1. The highest BCUT2D eigenvalue weighted by molar-refractivity contribution is 5.98. The Kier molecular flexibility index (Phi) is 5.10. The summed E-state index contributed by atoms with van der Waals surface area (Å²) in [6.07, 6.45) is 4.10. The van der Waals surface area contributed by atoms with Crippen molar-refractivity contribution in [2.24, 2.45) is 5.73 Å². The van der Waals surface area contributed by atoms with Gasteiger partial charge in [-0.1, -0.05) is 42.5 Å². The van der Waals surface area contributed by atoms with Crippen molar-refractivity contribution in [2.45, 2.75) is 13.3 Å². The minimum Gasteiger partial charge on any atom is -0.384 e. The number of nitrogens with zero attached hydrogens (tertiary/aromatic N) is 4. The molecule has 0 fully saturated rings. The Morgan fingerprint density at radius 2 is 1.97 bits per heavy atom. The first-order valence-corrected chi connectivity index (χ1v) is 10.6. The van der Waals surface area contributed by atoms with Crippen molar-refractivity contribution in [2.75, 3.05) is 11.6 Å². The monoisotopic (exact) mass is 437 g/mol. The van der Waals surface area contributed by atoms with Gasteiger partial charge in [-0.15, -0.1) is 0 Å². The first-order valence-electron chi connectivity index (χ1n) is 10.6. The SMILES string of the molecule is CC(=O)N(CCc1cccc2ccccc12)n1ccnc1-c1nc2ccc(C(=N)N)cc2[nH]1. The van der Waals surface area contributed by atoms with Crippen molar-refractivity contribution in [1.29, 1.82) is 5.41 Å². The van der Waals surface area contributed by atoms with E-state index in [0.29, 0.717) is 30.2 Å². The lowest BCUT2D eigenvalue weighted by molar-refractivity contribution is -0.118. The number of nitrogens with two attached hydrogens (primary N) is 1. The molecule has 0 unspecified atom stereocenters. The molecule has 8 nitrogen and oxygen atoms in total. The quantitative estimate of drug-likeness (QED) is 0.278. The molecule has 0 aliphatic carbocycles. The van der Waals surface area contributed by atoms with Crippen molar-refractivity contribution in [3.8, 4) is 11.6 Å². The third kappa shape index (κ3) is 3.82. The van der Waals surface area contributed by atoms with E-state index >= 15 is 0 Å². The first kappa shape index (κ1) is 20.4. The second-order valence-corrected chi connectivity index (χ2v) is 7.86. The van der Waals surface area contributed by atoms with Gasteiger partial charge in [0.25, 0.3) is 0 Å². The van der Waals surface area contributed by atoms with E-state index in [0.717, 1.165) is 11.0 Å². The maximum absolute atomic E-state index is 12.6. The van der Waals surface area contributed by atoms with E-state index in [1.54, 1.807) is 41.1 Å². The van der Waals surface area contributed by atoms with Crippen molar-refractivity contribution >= 4 is 33.5 Å². The van der Waals surface area contributed by atoms with Gasteiger partial charge in [0.15, 0.2) is 11.6 Å². The lowest BCUT2D eigenvalue weighted by Gasteiger charge is -2.23. The molecule has 0 bridgehead atoms. The van der Waals surface area contributed by atoms with Crippen LogP contribution in [0, 0.1) is 5.41 Å². The Morgan fingerprint density at radius 3 is 2.79 bits per heavy atom. The molecule has 3 aromatic carbocycles. The molecule has 5 aromatic rings. The topological polar surface area (TPSA) is 117 Å². The summed E-state index contributed by atoms with van der Waals surface area (Å²) in [7, 11) is 0. The molecule has 0 aliphatic rings. The van der Waals surface area contributed by atoms with Crippen LogP contribution in [0.1, 0.15) is 18.1 Å². The number of nitrogens with one attached hydrogen (secondary N) is 2. The molecule has 2 aromatic heterocycles. The average molecular weight is 438 g/mol. The Balaban J connectivity index is 1.47. The number of carbonyl (C=O) groups is 1. The van der Waals surface area contributed by atoms with Crippen LogP contribution in [-0.4, -0.2) is 37.9 Å². The second kappa shape index (κ2) is 8.23. The van der Waals surface area contributed by atoms with Gasteiger partial charge in [-0.2, -0.15) is 0 Å². The van der Waals surface area contributed by atoms with E-state index in [9.17, 15) is 4.79 Å². The Morgan fingerprint density at radius 1 is 1.15 bits per heavy atom. The number of amidine groups is 1. The average Bonchev–Trinajstić information content (AvgIpc) is 3.45. The molecule has 8 heteroatoms. The summed E-state index contributed by atoms with van der Waals surface area (Å²) in [6.45, 7) is 2.03. The van der Waals surface area contributed by atoms with Gasteiger partial charge < -0.3 is 10.7 Å². The predicted octanol–water partition coefficient (Wildman–Crippen LogP) is 3.59. The number of hydrogen-bond donors (Lipinski definition) is 3. The van der Waals surface area contributed by atoms with Crippen LogP contribution < -0.4 is 10.7 Å². The Hall–Kier alpha value is -4.46. The fourth-order valence-electron chi connectivity index (χ4n) is 4.10. The van der Waals surface area contributed by atoms with E-state index in [1.807, 2.05) is 24.3 Å². The van der Waals surface area contributed by atoms with Gasteiger partial charge in [-0.3, -0.25) is 10.2 Å². The molecule has 33 heavy (non-hydrogen) atoms. The summed E-state index contributed by atoms with van der Waals surface area (Å²) < 4.78 is 1.73. The highest BCUT2D eigenvalue weighted by atomic mass is 16.2. The van der Waals surface area contributed by atoms with Crippen LogP contribution >= 0.6 is 0 Å². The summed E-state index contributed by atoms with van der Waals surface area (Å²) in [4.78, 5) is 24.9. The first-order chi connectivity index (χ1) is 16.0. The zero-order chi connectivity index (χ0) is 22.9. The Bertz CT molecular complexity index is 1490. The van der Waals surface area contributed by atoms with Gasteiger partial charge in [-0.25, -0.2) is 19.7 Å². The van der Waals surface area contributed by atoms with E-state index in [-0.39, 0.29) is 11.7 Å². The normalized spacial score (nSPS) is 11.2. The summed E-state index contributed by atoms with van der Waals surface area (Å²) in [5.74, 6) is 0.964. The van der Waals surface area contributed by atoms with Crippen LogP contribution in [0.15, 0.2) is 73.1 Å². The number of rotatable bonds is 6. The van der Waals surface area contributed by atoms with Crippen molar-refractivity contribution < 1.29 is 4.79 Å². The predicted molar refractivity (Wildman–Crippen MR) is 130 cm³/mol. The van der Waals surface area contributed by atoms with Crippen LogP contribution in [0.3, 0.4) is 0 Å². The molecule has 0 atom stereocenters. The maximum Gasteiger partial charge on any atom is 0.238 e. The molecular formula is C25H23N7O. The molecule has 164 valence electrons. The number of aromatic amines is 1. The number of amides is 1. The number of fused-ring (bicyclic) bond motifs is 2. The molecule has 5 rings (SSSR count). The molecule has 0 radical (unpaired) electrons. The Labute approximate surface area is 190 Å². The lowest BCUT2D eigenvalue weighted by atomic mass is 10.0. The van der Waals surface area contributed by atoms with Gasteiger partial charge in [0.1, 0.15) is 5.84 Å². The maximum atomic E-state index is 12.6. The van der Waals surface area contributed by atoms with Crippen LogP contribution in [-0.2, 0) is 11.2 Å². The number of benzene rings is 3. The second-order valence-electron chi connectivity index (χ2n) is 7.86. The standard InChI is InChI=1S/C25H23N7O/c1-16(33)31(13-11-18-7-4-6-17-5-2-3-8-20(17)18)32-14-12-28-25(32)24-29-21-10-9-19(23(26)27)15-22(21)30-24/h2-10,12,14-15H,11,13H2,1H3,(H3,26,27)(H,29,30). The number of hydrogen-bond acceptors (Lipinski definition) is 4. The molecule has 0 saturated carbocycles. The summed E-state index contributed by atoms with van der Waals surface area (Å²) in [6, 6.07) is 19.8. The third-order valence-electron chi connectivity index (χ3n) is 5.72. The van der Waals surface area contributed by atoms with Crippen LogP contribution in [0.4, 0.5) is 0 Å². The molecule has 4 N–H and O–H groups in total. The number of nitrogen functional groups attached to an aromatic ring is 1. The van der Waals surface area contributed by atoms with Crippen molar-refractivity contribution in [3.05, 3.63) is 84.2 Å². The molecule has 2 heterocycles. The van der Waals surface area contributed by atoms with Gasteiger partial charge in [-0.05, 0) is 41.0 Å².